The highest BCUT2D eigenvalue weighted by Gasteiger charge is 2.24. The molecule has 1 atom stereocenters. The van der Waals surface area contributed by atoms with Crippen LogP contribution in [-0.2, 0) is 0 Å². The number of aromatic nitrogens is 1. The average molecular weight is 327 g/mol. The molecule has 116 valence electrons. The lowest BCUT2D eigenvalue weighted by Crippen LogP contribution is -2.26. The fourth-order valence-corrected chi connectivity index (χ4v) is 3.58. The number of thioether (sulfide) groups is 1. The zero-order valence-corrected chi connectivity index (χ0v) is 13.5. The van der Waals surface area contributed by atoms with Crippen molar-refractivity contribution in [2.24, 2.45) is 5.73 Å². The van der Waals surface area contributed by atoms with Crippen molar-refractivity contribution in [2.75, 3.05) is 41.8 Å². The van der Waals surface area contributed by atoms with Crippen molar-refractivity contribution in [1.29, 1.82) is 0 Å². The fraction of sp³-hybridized carbons (Fsp3) is 0.538. The maximum Gasteiger partial charge on any atom is 0.265 e. The Morgan fingerprint density at radius 2 is 2.48 bits per heavy atom. The highest BCUT2D eigenvalue weighted by molar-refractivity contribution is 7.99. The molecule has 0 saturated carbocycles. The van der Waals surface area contributed by atoms with Crippen LogP contribution in [0, 0.1) is 0 Å². The number of anilines is 2. The summed E-state index contributed by atoms with van der Waals surface area (Å²) >= 11 is 3.06. The molecule has 6 nitrogen and oxygen atoms in total. The summed E-state index contributed by atoms with van der Waals surface area (Å²) in [6, 6.07) is 0.175. The average Bonchev–Trinajstić information content (AvgIpc) is 3.04. The van der Waals surface area contributed by atoms with Gasteiger partial charge >= 0.3 is 0 Å². The van der Waals surface area contributed by atoms with E-state index in [1.165, 1.54) is 11.3 Å². The van der Waals surface area contributed by atoms with Crippen molar-refractivity contribution in [3.05, 3.63) is 17.5 Å². The second kappa shape index (κ2) is 7.67. The molecule has 5 N–H and O–H groups in total. The first-order chi connectivity index (χ1) is 10.1. The normalized spacial score (nSPS) is 18.0. The molecular formula is C13H21N5OS2. The van der Waals surface area contributed by atoms with Gasteiger partial charge in [-0.1, -0.05) is 17.4 Å². The molecule has 21 heavy (non-hydrogen) atoms. The molecule has 2 heterocycles. The molecule has 0 bridgehead atoms. The van der Waals surface area contributed by atoms with Crippen LogP contribution in [-0.4, -0.2) is 48.1 Å². The Labute approximate surface area is 133 Å². The summed E-state index contributed by atoms with van der Waals surface area (Å²) < 4.78 is 0. The Kier molecular flexibility index (Phi) is 5.89. The number of nitrogens with one attached hydrogen (secondary N) is 1. The summed E-state index contributed by atoms with van der Waals surface area (Å²) in [5, 5.41) is 3.65. The maximum absolute atomic E-state index is 12.1. The Hall–Kier alpha value is -1.25. The van der Waals surface area contributed by atoms with Crippen molar-refractivity contribution < 1.29 is 4.79 Å². The summed E-state index contributed by atoms with van der Waals surface area (Å²) in [6.45, 7) is 5.90. The van der Waals surface area contributed by atoms with Gasteiger partial charge in [-0.15, -0.1) is 6.58 Å². The molecule has 1 amide bonds. The van der Waals surface area contributed by atoms with Gasteiger partial charge in [0.1, 0.15) is 10.7 Å². The van der Waals surface area contributed by atoms with Crippen LogP contribution in [0.5, 0.6) is 0 Å². The molecule has 1 saturated heterocycles. The van der Waals surface area contributed by atoms with Crippen molar-refractivity contribution in [3.8, 4) is 0 Å². The van der Waals surface area contributed by atoms with Gasteiger partial charge in [-0.3, -0.25) is 4.79 Å². The van der Waals surface area contributed by atoms with Gasteiger partial charge in [0.05, 0.1) is 0 Å². The van der Waals surface area contributed by atoms with Crippen LogP contribution in [0.15, 0.2) is 12.7 Å². The smallest absolute Gasteiger partial charge is 0.265 e. The third-order valence-corrected chi connectivity index (χ3v) is 5.21. The topological polar surface area (TPSA) is 97.3 Å². The van der Waals surface area contributed by atoms with Crippen LogP contribution in [0.2, 0.25) is 0 Å². The highest BCUT2D eigenvalue weighted by Crippen LogP contribution is 2.30. The van der Waals surface area contributed by atoms with Crippen molar-refractivity contribution in [2.45, 2.75) is 12.5 Å². The minimum atomic E-state index is -0.154. The van der Waals surface area contributed by atoms with E-state index in [9.17, 15) is 4.79 Å². The van der Waals surface area contributed by atoms with E-state index in [4.69, 9.17) is 11.5 Å². The van der Waals surface area contributed by atoms with Gasteiger partial charge in [-0.25, -0.2) is 4.98 Å². The zero-order valence-electron chi connectivity index (χ0n) is 11.9. The molecule has 1 aromatic rings. The van der Waals surface area contributed by atoms with Gasteiger partial charge in [0.15, 0.2) is 5.13 Å². The lowest BCUT2D eigenvalue weighted by molar-refractivity contribution is 0.0961. The van der Waals surface area contributed by atoms with Crippen LogP contribution in [0.25, 0.3) is 0 Å². The fourth-order valence-electron chi connectivity index (χ4n) is 2.06. The first kappa shape index (κ1) is 16.1. The van der Waals surface area contributed by atoms with Gasteiger partial charge in [0.2, 0.25) is 0 Å². The number of rotatable bonds is 7. The molecule has 2 rings (SSSR count). The van der Waals surface area contributed by atoms with Crippen molar-refractivity contribution in [1.82, 2.24) is 10.3 Å². The van der Waals surface area contributed by atoms with Gasteiger partial charge < -0.3 is 21.7 Å². The van der Waals surface area contributed by atoms with Crippen LogP contribution >= 0.6 is 23.1 Å². The molecule has 1 aliphatic heterocycles. The zero-order chi connectivity index (χ0) is 15.2. The molecule has 0 aromatic carbocycles. The first-order valence-corrected chi connectivity index (χ1v) is 8.82. The summed E-state index contributed by atoms with van der Waals surface area (Å²) in [5.74, 6) is 1.88. The number of carbonyl (C=O) groups excluding carboxylic acids is 1. The minimum absolute atomic E-state index is 0.154. The van der Waals surface area contributed by atoms with Gasteiger partial charge in [-0.05, 0) is 6.42 Å². The molecule has 1 unspecified atom stereocenters. The molecule has 0 aliphatic carbocycles. The largest absolute Gasteiger partial charge is 0.382 e. The number of amides is 1. The van der Waals surface area contributed by atoms with E-state index in [0.717, 1.165) is 36.1 Å². The first-order valence-electron chi connectivity index (χ1n) is 6.85. The number of hydrogen-bond acceptors (Lipinski definition) is 7. The molecule has 1 aliphatic rings. The minimum Gasteiger partial charge on any atom is -0.382 e. The summed E-state index contributed by atoms with van der Waals surface area (Å²) in [7, 11) is 0. The third-order valence-electron chi connectivity index (χ3n) is 3.11. The second-order valence-electron chi connectivity index (χ2n) is 4.83. The molecule has 0 radical (unpaired) electrons. The van der Waals surface area contributed by atoms with Gasteiger partial charge in [0, 0.05) is 37.2 Å². The monoisotopic (exact) mass is 327 g/mol. The predicted molar refractivity (Wildman–Crippen MR) is 91.2 cm³/mol. The van der Waals surface area contributed by atoms with E-state index in [1.807, 2.05) is 6.08 Å². The Morgan fingerprint density at radius 3 is 3.14 bits per heavy atom. The van der Waals surface area contributed by atoms with Crippen LogP contribution < -0.4 is 21.7 Å². The molecule has 1 aromatic heterocycles. The van der Waals surface area contributed by atoms with E-state index < -0.39 is 0 Å². The highest BCUT2D eigenvalue weighted by atomic mass is 32.2. The van der Waals surface area contributed by atoms with E-state index >= 15 is 0 Å². The second-order valence-corrected chi connectivity index (χ2v) is 6.95. The maximum atomic E-state index is 12.1. The Bertz CT molecular complexity index is 505. The molecular weight excluding hydrogens is 306 g/mol. The summed E-state index contributed by atoms with van der Waals surface area (Å²) in [4.78, 5) is 19.0. The standard InChI is InChI=1S/C13H21N5OS2/c1-2-6-20-7-4-16-12(19)10-11(15)17-13(21-10)18-5-3-9(14)8-18/h2,9H,1,3-8,14-15H2,(H,16,19). The number of hydrogen-bond donors (Lipinski definition) is 3. The molecule has 0 spiro atoms. The molecule has 1 fully saturated rings. The van der Waals surface area contributed by atoms with Crippen molar-refractivity contribution >= 4 is 40.0 Å². The van der Waals surface area contributed by atoms with E-state index in [0.29, 0.717) is 17.2 Å². The number of nitrogens with zero attached hydrogens (tertiary/aromatic N) is 2. The van der Waals surface area contributed by atoms with E-state index in [2.05, 4.69) is 21.8 Å². The lowest BCUT2D eigenvalue weighted by Gasteiger charge is -2.12. The SMILES string of the molecule is C=CCSCCNC(=O)c1sc(N2CCC(N)C2)nc1N. The van der Waals surface area contributed by atoms with Gasteiger partial charge in [0.25, 0.3) is 5.91 Å². The van der Waals surface area contributed by atoms with E-state index in [1.54, 1.807) is 11.8 Å². The van der Waals surface area contributed by atoms with E-state index in [-0.39, 0.29) is 11.9 Å². The number of nitrogen functional groups attached to an aromatic ring is 1. The quantitative estimate of drug-likeness (QED) is 0.509. The predicted octanol–water partition coefficient (Wildman–Crippen LogP) is 0.912. The van der Waals surface area contributed by atoms with Crippen molar-refractivity contribution in [3.63, 3.8) is 0 Å². The van der Waals surface area contributed by atoms with Gasteiger partial charge in [-0.2, -0.15) is 11.8 Å². The third kappa shape index (κ3) is 4.36. The Balaban J connectivity index is 1.89. The molecule has 8 heteroatoms. The lowest BCUT2D eigenvalue weighted by atomic mass is 10.3. The summed E-state index contributed by atoms with van der Waals surface area (Å²) in [5.41, 5.74) is 11.7. The van der Waals surface area contributed by atoms with Crippen LogP contribution in [0.3, 0.4) is 0 Å². The summed E-state index contributed by atoms with van der Waals surface area (Å²) in [6.07, 6.45) is 2.79. The number of carbonyl (C=O) groups is 1. The van der Waals surface area contributed by atoms with Crippen LogP contribution in [0.1, 0.15) is 16.1 Å². The number of nitrogens with two attached hydrogens (primary N) is 2. The Morgan fingerprint density at radius 1 is 1.67 bits per heavy atom. The van der Waals surface area contributed by atoms with Crippen LogP contribution in [0.4, 0.5) is 10.9 Å². The number of thiazole rings is 1.